The van der Waals surface area contributed by atoms with Crippen LogP contribution < -0.4 is 5.48 Å². The first kappa shape index (κ1) is 7.11. The van der Waals surface area contributed by atoms with E-state index >= 15 is 0 Å². The van der Waals surface area contributed by atoms with Gasteiger partial charge in [0.15, 0.2) is 0 Å². The Balaban J connectivity index is 2.69. The maximum absolute atomic E-state index is 8.27. The number of nitrogens with zero attached hydrogens (tertiary/aromatic N) is 2. The first-order valence-corrected chi connectivity index (χ1v) is 2.97. The molecule has 0 aliphatic heterocycles. The average Bonchev–Trinajstić information content (AvgIpc) is 1.95. The smallest absolute Gasteiger partial charge is 0.0748 e. The van der Waals surface area contributed by atoms with Gasteiger partial charge in [-0.15, -0.1) is 0 Å². The fourth-order valence-electron chi connectivity index (χ4n) is 0.592. The third-order valence-corrected chi connectivity index (χ3v) is 1.09. The van der Waals surface area contributed by atoms with Crippen LogP contribution in [-0.2, 0) is 6.54 Å². The van der Waals surface area contributed by atoms with Gasteiger partial charge in [0.2, 0.25) is 0 Å². The molecule has 0 amide bonds. The molecule has 1 heterocycles. The Morgan fingerprint density at radius 1 is 1.50 bits per heavy atom. The van der Waals surface area contributed by atoms with E-state index in [9.17, 15) is 0 Å². The van der Waals surface area contributed by atoms with E-state index in [1.165, 1.54) is 0 Å². The predicted molar refractivity (Wildman–Crippen MR) is 35.4 cm³/mol. The Hall–Kier alpha value is -1.00. The minimum Gasteiger partial charge on any atom is -0.316 e. The molecule has 0 spiro atoms. The Morgan fingerprint density at radius 2 is 2.30 bits per heavy atom. The molecule has 0 saturated carbocycles. The maximum atomic E-state index is 8.27. The normalized spacial score (nSPS) is 9.80. The van der Waals surface area contributed by atoms with E-state index in [0.717, 1.165) is 11.4 Å². The lowest BCUT2D eigenvalue weighted by Crippen LogP contribution is -2.08. The topological polar surface area (TPSA) is 58.0 Å². The van der Waals surface area contributed by atoms with Gasteiger partial charge in [0.05, 0.1) is 24.1 Å². The molecule has 0 aromatic carbocycles. The monoisotopic (exact) mass is 139 g/mol. The largest absolute Gasteiger partial charge is 0.316 e. The Morgan fingerprint density at radius 3 is 2.80 bits per heavy atom. The third kappa shape index (κ3) is 1.75. The number of hydrogen-bond acceptors (Lipinski definition) is 4. The number of aryl methyl sites for hydroxylation is 1. The van der Waals surface area contributed by atoms with Crippen molar-refractivity contribution in [1.29, 1.82) is 0 Å². The Bertz CT molecular complexity index is 197. The van der Waals surface area contributed by atoms with Crippen molar-refractivity contribution in [3.8, 4) is 0 Å². The zero-order valence-electron chi connectivity index (χ0n) is 5.70. The highest BCUT2D eigenvalue weighted by Gasteiger charge is 1.91. The zero-order chi connectivity index (χ0) is 7.40. The summed E-state index contributed by atoms with van der Waals surface area (Å²) in [5, 5.41) is 8.27. The molecule has 4 nitrogen and oxygen atoms in total. The third-order valence-electron chi connectivity index (χ3n) is 1.09. The van der Waals surface area contributed by atoms with Gasteiger partial charge in [0.1, 0.15) is 0 Å². The minimum atomic E-state index is 0.341. The second kappa shape index (κ2) is 3.24. The van der Waals surface area contributed by atoms with Crippen LogP contribution in [0.5, 0.6) is 0 Å². The second-order valence-electron chi connectivity index (χ2n) is 1.98. The van der Waals surface area contributed by atoms with Gasteiger partial charge in [-0.3, -0.25) is 9.97 Å². The van der Waals surface area contributed by atoms with E-state index in [4.69, 9.17) is 5.21 Å². The molecule has 0 bridgehead atoms. The summed E-state index contributed by atoms with van der Waals surface area (Å²) in [6.45, 7) is 2.20. The molecule has 0 saturated heterocycles. The van der Waals surface area contributed by atoms with Crippen LogP contribution in [0.4, 0.5) is 0 Å². The number of rotatable bonds is 2. The summed E-state index contributed by atoms with van der Waals surface area (Å²) in [5.41, 5.74) is 3.61. The summed E-state index contributed by atoms with van der Waals surface area (Å²) in [6, 6.07) is 0. The Labute approximate surface area is 58.9 Å². The quantitative estimate of drug-likeness (QED) is 0.577. The first-order valence-electron chi connectivity index (χ1n) is 2.97. The lowest BCUT2D eigenvalue weighted by Gasteiger charge is -1.96. The number of aromatic nitrogens is 2. The summed E-state index contributed by atoms with van der Waals surface area (Å²) in [7, 11) is 0. The van der Waals surface area contributed by atoms with E-state index in [0.29, 0.717) is 6.54 Å². The van der Waals surface area contributed by atoms with Crippen LogP contribution in [0.15, 0.2) is 12.4 Å². The molecule has 10 heavy (non-hydrogen) atoms. The molecule has 0 radical (unpaired) electrons. The van der Waals surface area contributed by atoms with Crippen molar-refractivity contribution in [2.45, 2.75) is 13.5 Å². The molecule has 0 aliphatic rings. The summed E-state index contributed by atoms with van der Waals surface area (Å²) in [5.74, 6) is 0. The summed E-state index contributed by atoms with van der Waals surface area (Å²) < 4.78 is 0. The fourth-order valence-corrected chi connectivity index (χ4v) is 0.592. The fraction of sp³-hybridized carbons (Fsp3) is 0.333. The van der Waals surface area contributed by atoms with Gasteiger partial charge in [-0.05, 0) is 6.92 Å². The second-order valence-corrected chi connectivity index (χ2v) is 1.98. The van der Waals surface area contributed by atoms with E-state index in [1.54, 1.807) is 12.4 Å². The van der Waals surface area contributed by atoms with Gasteiger partial charge in [-0.25, -0.2) is 0 Å². The summed E-state index contributed by atoms with van der Waals surface area (Å²) in [4.78, 5) is 7.97. The van der Waals surface area contributed by atoms with Crippen LogP contribution in [0, 0.1) is 6.92 Å². The van der Waals surface area contributed by atoms with Gasteiger partial charge in [0, 0.05) is 6.20 Å². The summed E-state index contributed by atoms with van der Waals surface area (Å²) >= 11 is 0. The lowest BCUT2D eigenvalue weighted by molar-refractivity contribution is 0.160. The number of nitrogens with one attached hydrogen (secondary N) is 1. The molecule has 0 unspecified atom stereocenters. The van der Waals surface area contributed by atoms with Crippen LogP contribution >= 0.6 is 0 Å². The van der Waals surface area contributed by atoms with Crippen LogP contribution in [0.1, 0.15) is 11.4 Å². The molecule has 2 N–H and O–H groups in total. The highest BCUT2D eigenvalue weighted by atomic mass is 16.5. The molecule has 0 fully saturated rings. The number of hydrogen-bond donors (Lipinski definition) is 2. The van der Waals surface area contributed by atoms with E-state index in [-0.39, 0.29) is 0 Å². The predicted octanol–water partition coefficient (Wildman–Crippen LogP) is 0.264. The van der Waals surface area contributed by atoms with E-state index in [2.05, 4.69) is 9.97 Å². The van der Waals surface area contributed by atoms with Crippen molar-refractivity contribution in [1.82, 2.24) is 15.4 Å². The van der Waals surface area contributed by atoms with Crippen molar-refractivity contribution < 1.29 is 5.21 Å². The molecular formula is C6H9N3O. The average molecular weight is 139 g/mol. The van der Waals surface area contributed by atoms with Gasteiger partial charge in [-0.1, -0.05) is 0 Å². The summed E-state index contributed by atoms with van der Waals surface area (Å²) in [6.07, 6.45) is 3.28. The molecular weight excluding hydrogens is 130 g/mol. The van der Waals surface area contributed by atoms with Crippen LogP contribution in [0.25, 0.3) is 0 Å². The van der Waals surface area contributed by atoms with Gasteiger partial charge < -0.3 is 5.21 Å². The molecule has 0 atom stereocenters. The van der Waals surface area contributed by atoms with Gasteiger partial charge >= 0.3 is 0 Å². The first-order chi connectivity index (χ1) is 4.83. The highest BCUT2D eigenvalue weighted by molar-refractivity contribution is 4.99. The lowest BCUT2D eigenvalue weighted by atomic mass is 10.4. The minimum absolute atomic E-state index is 0.341. The zero-order valence-corrected chi connectivity index (χ0v) is 5.70. The van der Waals surface area contributed by atoms with Gasteiger partial charge in [-0.2, -0.15) is 5.48 Å². The molecule has 54 valence electrons. The van der Waals surface area contributed by atoms with Crippen molar-refractivity contribution in [3.63, 3.8) is 0 Å². The van der Waals surface area contributed by atoms with Crippen molar-refractivity contribution >= 4 is 0 Å². The van der Waals surface area contributed by atoms with E-state index < -0.39 is 0 Å². The van der Waals surface area contributed by atoms with Gasteiger partial charge in [0.25, 0.3) is 0 Å². The molecule has 1 rings (SSSR count). The van der Waals surface area contributed by atoms with Crippen molar-refractivity contribution in [3.05, 3.63) is 23.8 Å². The number of hydroxylamine groups is 1. The Kier molecular flexibility index (Phi) is 2.30. The maximum Gasteiger partial charge on any atom is 0.0748 e. The van der Waals surface area contributed by atoms with Crippen LogP contribution in [-0.4, -0.2) is 15.2 Å². The van der Waals surface area contributed by atoms with Crippen molar-refractivity contribution in [2.75, 3.05) is 0 Å². The van der Waals surface area contributed by atoms with E-state index in [1.807, 2.05) is 12.4 Å². The highest BCUT2D eigenvalue weighted by Crippen LogP contribution is 1.91. The standard InChI is InChI=1S/C6H9N3O/c1-5-2-8-6(3-7-5)4-9-10/h2-3,9-10H,4H2,1H3. The SMILES string of the molecule is Cc1cnc(CNO)cn1. The van der Waals surface area contributed by atoms with Crippen LogP contribution in [0.2, 0.25) is 0 Å². The molecule has 0 aliphatic carbocycles. The van der Waals surface area contributed by atoms with Crippen molar-refractivity contribution in [2.24, 2.45) is 0 Å². The molecule has 4 heteroatoms. The van der Waals surface area contributed by atoms with Crippen LogP contribution in [0.3, 0.4) is 0 Å². The molecule has 1 aromatic heterocycles. The molecule has 1 aromatic rings.